The van der Waals surface area contributed by atoms with E-state index in [2.05, 4.69) is 31.1 Å². The first-order valence-corrected chi connectivity index (χ1v) is 6.29. The van der Waals surface area contributed by atoms with Crippen LogP contribution in [0, 0.1) is 12.8 Å². The highest BCUT2D eigenvalue weighted by Gasteiger charge is 2.10. The van der Waals surface area contributed by atoms with Gasteiger partial charge in [0.05, 0.1) is 6.10 Å². The molecule has 3 heteroatoms. The number of nitrogens with zero attached hydrogens (tertiary/aromatic N) is 1. The number of ether oxygens (including phenoxy) is 1. The zero-order chi connectivity index (χ0) is 12.8. The van der Waals surface area contributed by atoms with Gasteiger partial charge in [-0.1, -0.05) is 13.8 Å². The van der Waals surface area contributed by atoms with Gasteiger partial charge in [-0.2, -0.15) is 0 Å². The Hall–Kier alpha value is -1.09. The summed E-state index contributed by atoms with van der Waals surface area (Å²) in [6.07, 6.45) is 3.20. The number of pyridine rings is 1. The third-order valence-electron chi connectivity index (χ3n) is 2.58. The van der Waals surface area contributed by atoms with Crippen LogP contribution in [0.1, 0.15) is 38.4 Å². The number of nitrogens with one attached hydrogen (secondary N) is 1. The van der Waals surface area contributed by atoms with Gasteiger partial charge in [0.2, 0.25) is 0 Å². The molecule has 0 saturated carbocycles. The molecule has 17 heavy (non-hydrogen) atoms. The Morgan fingerprint density at radius 1 is 1.35 bits per heavy atom. The molecule has 1 heterocycles. The van der Waals surface area contributed by atoms with Gasteiger partial charge in [0, 0.05) is 30.1 Å². The van der Waals surface area contributed by atoms with Crippen LogP contribution < -0.4 is 10.1 Å². The van der Waals surface area contributed by atoms with Crippen molar-refractivity contribution in [3.63, 3.8) is 0 Å². The maximum absolute atomic E-state index is 6.01. The molecular weight excluding hydrogens is 212 g/mol. The lowest BCUT2D eigenvalue weighted by Gasteiger charge is -2.19. The van der Waals surface area contributed by atoms with Gasteiger partial charge >= 0.3 is 0 Å². The maximum atomic E-state index is 6.01. The normalized spacial score (nSPS) is 12.8. The molecule has 1 aromatic rings. The molecule has 1 unspecified atom stereocenters. The van der Waals surface area contributed by atoms with Crippen molar-refractivity contribution in [2.24, 2.45) is 5.92 Å². The summed E-state index contributed by atoms with van der Waals surface area (Å²) in [6.45, 7) is 9.33. The average Bonchev–Trinajstić information content (AvgIpc) is 2.21. The molecule has 1 atom stereocenters. The molecule has 0 radical (unpaired) electrons. The second-order valence-corrected chi connectivity index (χ2v) is 5.02. The molecule has 0 amide bonds. The Labute approximate surface area is 105 Å². The summed E-state index contributed by atoms with van der Waals surface area (Å²) in [4.78, 5) is 4.31. The van der Waals surface area contributed by atoms with Gasteiger partial charge < -0.3 is 10.1 Å². The van der Waals surface area contributed by atoms with Crippen LogP contribution >= 0.6 is 0 Å². The molecule has 3 nitrogen and oxygen atoms in total. The van der Waals surface area contributed by atoms with E-state index in [-0.39, 0.29) is 6.10 Å². The Morgan fingerprint density at radius 3 is 2.65 bits per heavy atom. The molecule has 0 aromatic carbocycles. The lowest BCUT2D eigenvalue weighted by atomic mass is 10.1. The van der Waals surface area contributed by atoms with Crippen molar-refractivity contribution < 1.29 is 4.74 Å². The van der Waals surface area contributed by atoms with E-state index in [1.54, 1.807) is 0 Å². The standard InChI is InChI=1S/C14H24N2O/c1-10(2)6-12(4)17-14-7-11(3)16-9-13(14)8-15-5/h7,9-10,12,15H,6,8H2,1-5H3. The predicted molar refractivity (Wildman–Crippen MR) is 71.3 cm³/mol. The fraction of sp³-hybridized carbons (Fsp3) is 0.643. The number of hydrogen-bond donors (Lipinski definition) is 1. The highest BCUT2D eigenvalue weighted by atomic mass is 16.5. The van der Waals surface area contributed by atoms with Crippen molar-refractivity contribution in [1.29, 1.82) is 0 Å². The van der Waals surface area contributed by atoms with Crippen LogP contribution in [0.15, 0.2) is 12.3 Å². The molecule has 0 aliphatic heterocycles. The minimum Gasteiger partial charge on any atom is -0.490 e. The summed E-state index contributed by atoms with van der Waals surface area (Å²) in [7, 11) is 1.93. The number of hydrogen-bond acceptors (Lipinski definition) is 3. The van der Waals surface area contributed by atoms with Crippen LogP contribution in [0.4, 0.5) is 0 Å². The van der Waals surface area contributed by atoms with E-state index >= 15 is 0 Å². The Bertz CT molecular complexity index is 350. The first-order valence-electron chi connectivity index (χ1n) is 6.29. The molecule has 1 N–H and O–H groups in total. The van der Waals surface area contributed by atoms with E-state index in [1.807, 2.05) is 26.2 Å². The SMILES string of the molecule is CNCc1cnc(C)cc1OC(C)CC(C)C. The van der Waals surface area contributed by atoms with Crippen molar-refractivity contribution in [1.82, 2.24) is 10.3 Å². The second-order valence-electron chi connectivity index (χ2n) is 5.02. The van der Waals surface area contributed by atoms with Crippen molar-refractivity contribution in [3.05, 3.63) is 23.5 Å². The van der Waals surface area contributed by atoms with E-state index < -0.39 is 0 Å². The van der Waals surface area contributed by atoms with E-state index in [9.17, 15) is 0 Å². The smallest absolute Gasteiger partial charge is 0.127 e. The zero-order valence-electron chi connectivity index (χ0n) is 11.6. The maximum Gasteiger partial charge on any atom is 0.127 e. The van der Waals surface area contributed by atoms with Crippen molar-refractivity contribution in [2.45, 2.75) is 46.8 Å². The number of aryl methyl sites for hydroxylation is 1. The lowest BCUT2D eigenvalue weighted by molar-refractivity contribution is 0.191. The predicted octanol–water partition coefficient (Wildman–Crippen LogP) is 2.92. The fourth-order valence-electron chi connectivity index (χ4n) is 1.92. The topological polar surface area (TPSA) is 34.2 Å². The molecule has 0 fully saturated rings. The zero-order valence-corrected chi connectivity index (χ0v) is 11.6. The van der Waals surface area contributed by atoms with Crippen LogP contribution in [-0.4, -0.2) is 18.1 Å². The van der Waals surface area contributed by atoms with Crippen LogP contribution in [0.2, 0.25) is 0 Å². The molecular formula is C14H24N2O. The van der Waals surface area contributed by atoms with E-state index in [0.29, 0.717) is 5.92 Å². The molecule has 0 aliphatic carbocycles. The Balaban J connectivity index is 2.76. The minimum absolute atomic E-state index is 0.243. The second kappa shape index (κ2) is 6.60. The third kappa shape index (κ3) is 4.73. The minimum atomic E-state index is 0.243. The highest BCUT2D eigenvalue weighted by molar-refractivity contribution is 5.33. The Kier molecular flexibility index (Phi) is 5.42. The average molecular weight is 236 g/mol. The van der Waals surface area contributed by atoms with Gasteiger partial charge in [-0.3, -0.25) is 4.98 Å². The van der Waals surface area contributed by atoms with Crippen LogP contribution in [0.25, 0.3) is 0 Å². The van der Waals surface area contributed by atoms with Gasteiger partial charge in [0.15, 0.2) is 0 Å². The summed E-state index contributed by atoms with van der Waals surface area (Å²) in [5.41, 5.74) is 2.12. The van der Waals surface area contributed by atoms with E-state index in [4.69, 9.17) is 4.74 Å². The van der Waals surface area contributed by atoms with Gasteiger partial charge in [-0.05, 0) is 33.2 Å². The number of aromatic nitrogens is 1. The Morgan fingerprint density at radius 2 is 2.06 bits per heavy atom. The molecule has 96 valence electrons. The molecule has 0 spiro atoms. The molecule has 0 bridgehead atoms. The van der Waals surface area contributed by atoms with Crippen LogP contribution in [0.5, 0.6) is 5.75 Å². The van der Waals surface area contributed by atoms with Crippen molar-refractivity contribution >= 4 is 0 Å². The summed E-state index contributed by atoms with van der Waals surface area (Å²) < 4.78 is 6.01. The largest absolute Gasteiger partial charge is 0.490 e. The summed E-state index contributed by atoms with van der Waals surface area (Å²) in [5.74, 6) is 1.61. The first-order chi connectivity index (χ1) is 8.02. The molecule has 0 aliphatic rings. The van der Waals surface area contributed by atoms with E-state index in [0.717, 1.165) is 30.0 Å². The van der Waals surface area contributed by atoms with Crippen molar-refractivity contribution in [2.75, 3.05) is 7.05 Å². The summed E-state index contributed by atoms with van der Waals surface area (Å²) >= 11 is 0. The van der Waals surface area contributed by atoms with Crippen molar-refractivity contribution in [3.8, 4) is 5.75 Å². The highest BCUT2D eigenvalue weighted by Crippen LogP contribution is 2.21. The third-order valence-corrected chi connectivity index (χ3v) is 2.58. The summed E-state index contributed by atoms with van der Waals surface area (Å²) in [5, 5.41) is 3.14. The molecule has 1 rings (SSSR count). The van der Waals surface area contributed by atoms with E-state index in [1.165, 1.54) is 0 Å². The van der Waals surface area contributed by atoms with Gasteiger partial charge in [-0.25, -0.2) is 0 Å². The van der Waals surface area contributed by atoms with Gasteiger partial charge in [0.25, 0.3) is 0 Å². The lowest BCUT2D eigenvalue weighted by Crippen LogP contribution is -2.17. The fourth-order valence-corrected chi connectivity index (χ4v) is 1.92. The molecule has 0 saturated heterocycles. The van der Waals surface area contributed by atoms with Gasteiger partial charge in [0.1, 0.15) is 5.75 Å². The van der Waals surface area contributed by atoms with Crippen LogP contribution in [-0.2, 0) is 6.54 Å². The van der Waals surface area contributed by atoms with Crippen LogP contribution in [0.3, 0.4) is 0 Å². The quantitative estimate of drug-likeness (QED) is 0.824. The first kappa shape index (κ1) is 14.0. The van der Waals surface area contributed by atoms with Gasteiger partial charge in [-0.15, -0.1) is 0 Å². The summed E-state index contributed by atoms with van der Waals surface area (Å²) in [6, 6.07) is 2.02. The monoisotopic (exact) mass is 236 g/mol. The molecule has 1 aromatic heterocycles. The number of rotatable bonds is 6.